The third-order valence-electron chi connectivity index (χ3n) is 2.73. The predicted octanol–water partition coefficient (Wildman–Crippen LogP) is -0.0306. The molecule has 17 heavy (non-hydrogen) atoms. The molecule has 0 saturated carbocycles. The van der Waals surface area contributed by atoms with Crippen LogP contribution in [0.1, 0.15) is 13.8 Å². The minimum Gasteiger partial charge on any atom is -0.481 e. The fraction of sp³-hybridized carbons (Fsp3) is 0.818. The van der Waals surface area contributed by atoms with Gasteiger partial charge >= 0.3 is 5.97 Å². The summed E-state index contributed by atoms with van der Waals surface area (Å²) in [4.78, 5) is 24.2. The van der Waals surface area contributed by atoms with Crippen LogP contribution < -0.4 is 0 Å². The van der Waals surface area contributed by atoms with Crippen molar-refractivity contribution >= 4 is 11.9 Å². The maximum atomic E-state index is 11.9. The highest BCUT2D eigenvalue weighted by atomic mass is 16.5. The number of hydrogen-bond donors (Lipinski definition) is 1. The van der Waals surface area contributed by atoms with E-state index >= 15 is 0 Å². The zero-order valence-electron chi connectivity index (χ0n) is 10.4. The van der Waals surface area contributed by atoms with Crippen LogP contribution >= 0.6 is 0 Å². The zero-order chi connectivity index (χ0) is 13.0. The van der Waals surface area contributed by atoms with Crippen LogP contribution in [0.3, 0.4) is 0 Å². The van der Waals surface area contributed by atoms with Crippen LogP contribution in [0, 0.1) is 5.92 Å². The maximum Gasteiger partial charge on any atom is 0.315 e. The maximum absolute atomic E-state index is 11.9. The van der Waals surface area contributed by atoms with Crippen molar-refractivity contribution in [3.63, 3.8) is 0 Å². The molecule has 1 aliphatic rings. The number of carbonyl (C=O) groups is 2. The van der Waals surface area contributed by atoms with Crippen molar-refractivity contribution in [1.29, 1.82) is 0 Å². The SMILES string of the molecule is COCC1CN(C(=O)C(C)C(=O)O)CC(C)O1. The predicted molar refractivity (Wildman–Crippen MR) is 59.6 cm³/mol. The molecule has 1 rings (SSSR count). The van der Waals surface area contributed by atoms with Crippen molar-refractivity contribution in [1.82, 2.24) is 4.90 Å². The second-order valence-electron chi connectivity index (χ2n) is 4.33. The molecule has 98 valence electrons. The van der Waals surface area contributed by atoms with Gasteiger partial charge in [-0.2, -0.15) is 0 Å². The lowest BCUT2D eigenvalue weighted by atomic mass is 10.1. The van der Waals surface area contributed by atoms with Gasteiger partial charge in [0, 0.05) is 20.2 Å². The quantitative estimate of drug-likeness (QED) is 0.704. The number of nitrogens with zero attached hydrogens (tertiary/aromatic N) is 1. The first-order valence-electron chi connectivity index (χ1n) is 5.61. The van der Waals surface area contributed by atoms with Gasteiger partial charge < -0.3 is 19.5 Å². The van der Waals surface area contributed by atoms with E-state index in [-0.39, 0.29) is 18.1 Å². The number of carboxylic acid groups (broad SMARTS) is 1. The summed E-state index contributed by atoms with van der Waals surface area (Å²) in [5.41, 5.74) is 0. The van der Waals surface area contributed by atoms with Gasteiger partial charge in [0.2, 0.25) is 5.91 Å². The monoisotopic (exact) mass is 245 g/mol. The number of carbonyl (C=O) groups excluding carboxylic acids is 1. The Morgan fingerprint density at radius 3 is 2.71 bits per heavy atom. The van der Waals surface area contributed by atoms with Crippen molar-refractivity contribution in [2.45, 2.75) is 26.1 Å². The third-order valence-corrected chi connectivity index (χ3v) is 2.73. The van der Waals surface area contributed by atoms with E-state index < -0.39 is 11.9 Å². The molecule has 3 atom stereocenters. The van der Waals surface area contributed by atoms with Crippen molar-refractivity contribution in [2.24, 2.45) is 5.92 Å². The highest BCUT2D eigenvalue weighted by Gasteiger charge is 2.32. The van der Waals surface area contributed by atoms with E-state index in [1.165, 1.54) is 11.8 Å². The van der Waals surface area contributed by atoms with Gasteiger partial charge in [-0.25, -0.2) is 0 Å². The number of amides is 1. The summed E-state index contributed by atoms with van der Waals surface area (Å²) in [7, 11) is 1.56. The largest absolute Gasteiger partial charge is 0.481 e. The summed E-state index contributed by atoms with van der Waals surface area (Å²) in [6.45, 7) is 4.46. The number of morpholine rings is 1. The van der Waals surface area contributed by atoms with Crippen LogP contribution in [0.4, 0.5) is 0 Å². The van der Waals surface area contributed by atoms with E-state index in [9.17, 15) is 9.59 Å². The lowest BCUT2D eigenvalue weighted by molar-refractivity contribution is -0.159. The molecule has 1 saturated heterocycles. The summed E-state index contributed by atoms with van der Waals surface area (Å²) in [6, 6.07) is 0. The molecule has 6 nitrogen and oxygen atoms in total. The van der Waals surface area contributed by atoms with Gasteiger partial charge in [0.1, 0.15) is 5.92 Å². The average Bonchev–Trinajstić information content (AvgIpc) is 2.26. The number of aliphatic carboxylic acids is 1. The molecule has 0 aromatic heterocycles. The van der Waals surface area contributed by atoms with Crippen molar-refractivity contribution < 1.29 is 24.2 Å². The van der Waals surface area contributed by atoms with Crippen LogP contribution in [0.25, 0.3) is 0 Å². The minimum atomic E-state index is -1.10. The molecule has 0 aromatic rings. The highest BCUT2D eigenvalue weighted by Crippen LogP contribution is 2.14. The molecular weight excluding hydrogens is 226 g/mol. The lowest BCUT2D eigenvalue weighted by Crippen LogP contribution is -2.52. The van der Waals surface area contributed by atoms with Crippen LogP contribution in [0.5, 0.6) is 0 Å². The van der Waals surface area contributed by atoms with Crippen molar-refractivity contribution in [3.8, 4) is 0 Å². The smallest absolute Gasteiger partial charge is 0.315 e. The Morgan fingerprint density at radius 1 is 1.53 bits per heavy atom. The number of hydrogen-bond acceptors (Lipinski definition) is 4. The second kappa shape index (κ2) is 5.97. The zero-order valence-corrected chi connectivity index (χ0v) is 10.4. The van der Waals surface area contributed by atoms with Gasteiger partial charge in [-0.15, -0.1) is 0 Å². The summed E-state index contributed by atoms with van der Waals surface area (Å²) in [5.74, 6) is -2.48. The van der Waals surface area contributed by atoms with Gasteiger partial charge in [0.05, 0.1) is 18.8 Å². The Morgan fingerprint density at radius 2 is 2.18 bits per heavy atom. The van der Waals surface area contributed by atoms with E-state index in [0.29, 0.717) is 19.7 Å². The molecular formula is C11H19NO5. The molecule has 1 heterocycles. The molecule has 0 aromatic carbocycles. The number of ether oxygens (including phenoxy) is 2. The summed E-state index contributed by atoms with van der Waals surface area (Å²) in [5, 5.41) is 8.81. The Kier molecular flexibility index (Phi) is 4.89. The number of carboxylic acids is 1. The van der Waals surface area contributed by atoms with Crippen molar-refractivity contribution in [2.75, 3.05) is 26.8 Å². The highest BCUT2D eigenvalue weighted by molar-refractivity contribution is 5.96. The van der Waals surface area contributed by atoms with Crippen LogP contribution in [-0.4, -0.2) is 60.9 Å². The Labute approximate surface area is 100 Å². The van der Waals surface area contributed by atoms with Gasteiger partial charge in [-0.05, 0) is 13.8 Å². The Bertz CT molecular complexity index is 294. The summed E-state index contributed by atoms with van der Waals surface area (Å²) in [6.07, 6.45) is -0.289. The fourth-order valence-corrected chi connectivity index (χ4v) is 1.88. The van der Waals surface area contributed by atoms with E-state index in [2.05, 4.69) is 0 Å². The third kappa shape index (κ3) is 3.67. The fourth-order valence-electron chi connectivity index (χ4n) is 1.88. The van der Waals surface area contributed by atoms with Crippen LogP contribution in [-0.2, 0) is 19.1 Å². The molecule has 0 aliphatic carbocycles. The van der Waals surface area contributed by atoms with Crippen LogP contribution in [0.15, 0.2) is 0 Å². The Hall–Kier alpha value is -1.14. The molecule has 1 N–H and O–H groups in total. The average molecular weight is 245 g/mol. The molecule has 1 amide bonds. The number of methoxy groups -OCH3 is 1. The first-order chi connectivity index (χ1) is 7.95. The van der Waals surface area contributed by atoms with E-state index in [0.717, 1.165) is 0 Å². The van der Waals surface area contributed by atoms with E-state index in [1.54, 1.807) is 7.11 Å². The topological polar surface area (TPSA) is 76.1 Å². The summed E-state index contributed by atoms with van der Waals surface area (Å²) < 4.78 is 10.6. The minimum absolute atomic E-state index is 0.103. The van der Waals surface area contributed by atoms with Gasteiger partial charge in [0.25, 0.3) is 0 Å². The normalized spacial score (nSPS) is 26.6. The molecule has 0 bridgehead atoms. The first kappa shape index (κ1) is 13.9. The first-order valence-corrected chi connectivity index (χ1v) is 5.61. The molecule has 1 aliphatic heterocycles. The van der Waals surface area contributed by atoms with Crippen LogP contribution in [0.2, 0.25) is 0 Å². The second-order valence-corrected chi connectivity index (χ2v) is 4.33. The van der Waals surface area contributed by atoms with Gasteiger partial charge in [-0.1, -0.05) is 0 Å². The van der Waals surface area contributed by atoms with E-state index in [1.807, 2.05) is 6.92 Å². The van der Waals surface area contributed by atoms with Gasteiger partial charge in [-0.3, -0.25) is 9.59 Å². The lowest BCUT2D eigenvalue weighted by Gasteiger charge is -2.37. The molecule has 1 fully saturated rings. The molecule has 0 spiro atoms. The standard InChI is InChI=1S/C11H19NO5/c1-7-4-12(5-9(17-7)6-16-3)10(13)8(2)11(14)15/h7-9H,4-6H2,1-3H3,(H,14,15). The van der Waals surface area contributed by atoms with E-state index in [4.69, 9.17) is 14.6 Å². The molecule has 6 heteroatoms. The molecule has 3 unspecified atom stereocenters. The molecule has 0 radical (unpaired) electrons. The number of rotatable bonds is 4. The Balaban J connectivity index is 2.63. The van der Waals surface area contributed by atoms with Gasteiger partial charge in [0.15, 0.2) is 0 Å². The summed E-state index contributed by atoms with van der Waals surface area (Å²) >= 11 is 0. The van der Waals surface area contributed by atoms with Crippen molar-refractivity contribution in [3.05, 3.63) is 0 Å².